The van der Waals surface area contributed by atoms with Crippen LogP contribution in [0, 0.1) is 17.2 Å². The summed E-state index contributed by atoms with van der Waals surface area (Å²) in [6.45, 7) is 1.47. The van der Waals surface area contributed by atoms with Crippen molar-refractivity contribution in [1.29, 1.82) is 5.26 Å². The number of nitrogens with zero attached hydrogens (tertiary/aromatic N) is 2. The number of carbonyl (C=O) groups is 3. The molecule has 1 saturated heterocycles. The lowest BCUT2D eigenvalue weighted by Crippen LogP contribution is -2.44. The molecule has 2 atom stereocenters. The van der Waals surface area contributed by atoms with Crippen molar-refractivity contribution in [1.82, 2.24) is 10.2 Å². The average Bonchev–Trinajstić information content (AvgIpc) is 3.06. The Kier molecular flexibility index (Phi) is 8.15. The fourth-order valence-electron chi connectivity index (χ4n) is 3.92. The van der Waals surface area contributed by atoms with Gasteiger partial charge in [-0.1, -0.05) is 52.7 Å². The minimum absolute atomic E-state index is 0.0139. The summed E-state index contributed by atoms with van der Waals surface area (Å²) in [5.74, 6) is -3.12. The van der Waals surface area contributed by atoms with E-state index in [1.54, 1.807) is 18.2 Å². The molecule has 0 saturated carbocycles. The van der Waals surface area contributed by atoms with Crippen molar-refractivity contribution in [3.63, 3.8) is 0 Å². The van der Waals surface area contributed by atoms with Crippen molar-refractivity contribution >= 4 is 45.5 Å². The summed E-state index contributed by atoms with van der Waals surface area (Å²) in [7, 11) is 1.22. The molecule has 0 spiro atoms. The third kappa shape index (κ3) is 5.49. The maximum Gasteiger partial charge on any atom is 0.319 e. The smallest absolute Gasteiger partial charge is 0.319 e. The summed E-state index contributed by atoms with van der Waals surface area (Å²) in [4.78, 5) is 39.8. The molecule has 0 unspecified atom stereocenters. The molecule has 31 heavy (non-hydrogen) atoms. The van der Waals surface area contributed by atoms with Gasteiger partial charge in [0.2, 0.25) is 11.8 Å². The molecular formula is C22H24BrN3O4S. The Bertz CT molecular complexity index is 935. The summed E-state index contributed by atoms with van der Waals surface area (Å²) in [6, 6.07) is 9.32. The molecule has 3 rings (SSSR count). The molecular weight excluding hydrogens is 482 g/mol. The second-order valence-electron chi connectivity index (χ2n) is 7.46. The standard InChI is InChI=1S/C22H24BrN3O4S/c1-30-22(29)19-18(14-7-6-8-15(23)11-14)16(12-24)21(25-20(19)28)31-13-17(27)26-9-4-2-3-5-10-26/h6-8,11,18-19H,2-5,9-10,13H2,1H3,(H,25,28)/t18-,19-/m1/s1. The van der Waals surface area contributed by atoms with Gasteiger partial charge in [-0.2, -0.15) is 5.26 Å². The molecule has 0 radical (unpaired) electrons. The average molecular weight is 506 g/mol. The van der Waals surface area contributed by atoms with Crippen molar-refractivity contribution in [2.75, 3.05) is 26.0 Å². The minimum atomic E-state index is -1.18. The van der Waals surface area contributed by atoms with Crippen molar-refractivity contribution in [3.8, 4) is 6.07 Å². The molecule has 2 amide bonds. The van der Waals surface area contributed by atoms with E-state index in [0.29, 0.717) is 10.6 Å². The molecule has 0 aliphatic carbocycles. The summed E-state index contributed by atoms with van der Waals surface area (Å²) >= 11 is 4.54. The first-order valence-electron chi connectivity index (χ1n) is 10.1. The fourth-order valence-corrected chi connectivity index (χ4v) is 5.29. The fraction of sp³-hybridized carbons (Fsp3) is 0.455. The molecule has 2 heterocycles. The Balaban J connectivity index is 1.90. The van der Waals surface area contributed by atoms with E-state index in [9.17, 15) is 19.6 Å². The molecule has 9 heteroatoms. The predicted octanol–water partition coefficient (Wildman–Crippen LogP) is 3.32. The predicted molar refractivity (Wildman–Crippen MR) is 121 cm³/mol. The maximum absolute atomic E-state index is 12.9. The van der Waals surface area contributed by atoms with Crippen LogP contribution in [0.25, 0.3) is 0 Å². The number of nitriles is 1. The van der Waals surface area contributed by atoms with E-state index in [1.807, 2.05) is 11.0 Å². The van der Waals surface area contributed by atoms with E-state index >= 15 is 0 Å². The Hall–Kier alpha value is -2.31. The van der Waals surface area contributed by atoms with Crippen LogP contribution in [-0.2, 0) is 19.1 Å². The number of halogens is 1. The highest BCUT2D eigenvalue weighted by atomic mass is 79.9. The zero-order valence-electron chi connectivity index (χ0n) is 17.2. The number of rotatable bonds is 5. The molecule has 1 aromatic rings. The van der Waals surface area contributed by atoms with Gasteiger partial charge in [-0.05, 0) is 30.5 Å². The van der Waals surface area contributed by atoms with E-state index in [2.05, 4.69) is 27.3 Å². The zero-order chi connectivity index (χ0) is 22.4. The number of carbonyl (C=O) groups excluding carboxylic acids is 3. The highest BCUT2D eigenvalue weighted by Gasteiger charge is 2.44. The van der Waals surface area contributed by atoms with E-state index in [4.69, 9.17) is 4.74 Å². The van der Waals surface area contributed by atoms with Gasteiger partial charge in [0.25, 0.3) is 0 Å². The summed E-state index contributed by atoms with van der Waals surface area (Å²) in [5.41, 5.74) is 0.898. The van der Waals surface area contributed by atoms with Crippen LogP contribution in [0.1, 0.15) is 37.2 Å². The van der Waals surface area contributed by atoms with Gasteiger partial charge in [0.05, 0.1) is 29.5 Å². The lowest BCUT2D eigenvalue weighted by atomic mass is 9.78. The lowest BCUT2D eigenvalue weighted by Gasteiger charge is -2.31. The summed E-state index contributed by atoms with van der Waals surface area (Å²) < 4.78 is 5.61. The number of likely N-dealkylation sites (tertiary alicyclic amines) is 1. The molecule has 1 fully saturated rings. The number of amides is 2. The highest BCUT2D eigenvalue weighted by molar-refractivity contribution is 9.10. The van der Waals surface area contributed by atoms with Crippen LogP contribution in [0.3, 0.4) is 0 Å². The van der Waals surface area contributed by atoms with Gasteiger partial charge in [0.1, 0.15) is 5.92 Å². The molecule has 0 bridgehead atoms. The van der Waals surface area contributed by atoms with E-state index in [-0.39, 0.29) is 17.2 Å². The van der Waals surface area contributed by atoms with Crippen LogP contribution in [0.15, 0.2) is 39.3 Å². The number of hydrogen-bond acceptors (Lipinski definition) is 6. The van der Waals surface area contributed by atoms with Gasteiger partial charge in [-0.25, -0.2) is 0 Å². The number of hydrogen-bond donors (Lipinski definition) is 1. The summed E-state index contributed by atoms with van der Waals surface area (Å²) in [6.07, 6.45) is 4.23. The van der Waals surface area contributed by atoms with Crippen molar-refractivity contribution < 1.29 is 19.1 Å². The highest BCUT2D eigenvalue weighted by Crippen LogP contribution is 2.40. The monoisotopic (exact) mass is 505 g/mol. The third-order valence-electron chi connectivity index (χ3n) is 5.49. The first kappa shape index (κ1) is 23.4. The molecule has 164 valence electrons. The van der Waals surface area contributed by atoms with Gasteiger partial charge in [-0.3, -0.25) is 14.4 Å². The van der Waals surface area contributed by atoms with Gasteiger partial charge in [0, 0.05) is 23.5 Å². The molecule has 1 aromatic carbocycles. The topological polar surface area (TPSA) is 99.5 Å². The summed E-state index contributed by atoms with van der Waals surface area (Å²) in [5, 5.41) is 12.9. The second-order valence-corrected chi connectivity index (χ2v) is 9.36. The molecule has 1 N–H and O–H groups in total. The molecule has 2 aliphatic heterocycles. The SMILES string of the molecule is COC(=O)[C@H]1C(=O)NC(SCC(=O)N2CCCCCC2)=C(C#N)[C@H]1c1cccc(Br)c1. The van der Waals surface area contributed by atoms with Gasteiger partial charge < -0.3 is 15.0 Å². The van der Waals surface area contributed by atoms with Crippen LogP contribution in [0.5, 0.6) is 0 Å². The van der Waals surface area contributed by atoms with E-state index in [0.717, 1.165) is 55.0 Å². The second kappa shape index (κ2) is 10.8. The number of allylic oxidation sites excluding steroid dienone is 1. The Morgan fingerprint density at radius 2 is 2.00 bits per heavy atom. The number of benzene rings is 1. The van der Waals surface area contributed by atoms with Crippen molar-refractivity contribution in [2.45, 2.75) is 31.6 Å². The van der Waals surface area contributed by atoms with E-state index in [1.165, 1.54) is 7.11 Å². The van der Waals surface area contributed by atoms with E-state index < -0.39 is 23.7 Å². The molecule has 0 aromatic heterocycles. The zero-order valence-corrected chi connectivity index (χ0v) is 19.6. The molecule has 2 aliphatic rings. The number of nitrogens with one attached hydrogen (secondary N) is 1. The quantitative estimate of drug-likeness (QED) is 0.486. The van der Waals surface area contributed by atoms with Crippen molar-refractivity contribution in [3.05, 3.63) is 44.9 Å². The first-order chi connectivity index (χ1) is 15.0. The van der Waals surface area contributed by atoms with Crippen LogP contribution in [0.4, 0.5) is 0 Å². The Morgan fingerprint density at radius 1 is 1.29 bits per heavy atom. The number of esters is 1. The van der Waals surface area contributed by atoms with Crippen LogP contribution < -0.4 is 5.32 Å². The van der Waals surface area contributed by atoms with Crippen LogP contribution in [-0.4, -0.2) is 48.6 Å². The largest absolute Gasteiger partial charge is 0.468 e. The van der Waals surface area contributed by atoms with Gasteiger partial charge >= 0.3 is 5.97 Å². The maximum atomic E-state index is 12.9. The minimum Gasteiger partial charge on any atom is -0.468 e. The number of ether oxygens (including phenoxy) is 1. The number of thioether (sulfide) groups is 1. The Labute approximate surface area is 194 Å². The first-order valence-corrected chi connectivity index (χ1v) is 11.9. The number of methoxy groups -OCH3 is 1. The Morgan fingerprint density at radius 3 is 2.61 bits per heavy atom. The van der Waals surface area contributed by atoms with Crippen LogP contribution in [0.2, 0.25) is 0 Å². The normalized spacial score (nSPS) is 21.7. The van der Waals surface area contributed by atoms with Crippen LogP contribution >= 0.6 is 27.7 Å². The van der Waals surface area contributed by atoms with Crippen molar-refractivity contribution in [2.24, 2.45) is 5.92 Å². The lowest BCUT2D eigenvalue weighted by molar-refractivity contribution is -0.150. The van der Waals surface area contributed by atoms with Gasteiger partial charge in [0.15, 0.2) is 0 Å². The third-order valence-corrected chi connectivity index (χ3v) is 6.99. The molecule has 7 nitrogen and oxygen atoms in total. The van der Waals surface area contributed by atoms with Gasteiger partial charge in [-0.15, -0.1) is 0 Å².